The van der Waals surface area contributed by atoms with E-state index in [9.17, 15) is 5.11 Å². The lowest BCUT2D eigenvalue weighted by atomic mass is 9.77. The first-order valence-electron chi connectivity index (χ1n) is 8.19. The molecule has 4 rings (SSSR count). The fourth-order valence-corrected chi connectivity index (χ4v) is 3.96. The van der Waals surface area contributed by atoms with Crippen LogP contribution in [0.15, 0.2) is 48.6 Å². The highest BCUT2D eigenvalue weighted by atomic mass is 16.5. The van der Waals surface area contributed by atoms with Crippen molar-refractivity contribution in [3.8, 4) is 17.2 Å². The molecule has 2 N–H and O–H groups in total. The summed E-state index contributed by atoms with van der Waals surface area (Å²) in [6.07, 6.45) is 5.52. The van der Waals surface area contributed by atoms with Crippen molar-refractivity contribution in [1.29, 1.82) is 0 Å². The molecule has 3 unspecified atom stereocenters. The lowest BCUT2D eigenvalue weighted by Crippen LogP contribution is -2.29. The Morgan fingerprint density at radius 3 is 2.67 bits per heavy atom. The molecule has 4 nitrogen and oxygen atoms in total. The first kappa shape index (κ1) is 14.9. The van der Waals surface area contributed by atoms with E-state index in [1.165, 1.54) is 11.1 Å². The second-order valence-corrected chi connectivity index (χ2v) is 6.36. The van der Waals surface area contributed by atoms with Crippen LogP contribution in [-0.2, 0) is 0 Å². The zero-order chi connectivity index (χ0) is 16.7. The van der Waals surface area contributed by atoms with E-state index in [0.29, 0.717) is 17.6 Å². The third-order valence-electron chi connectivity index (χ3n) is 5.11. The highest BCUT2D eigenvalue weighted by Crippen LogP contribution is 2.51. The number of benzene rings is 2. The first-order chi connectivity index (χ1) is 11.7. The molecule has 1 aliphatic carbocycles. The van der Waals surface area contributed by atoms with Crippen molar-refractivity contribution >= 4 is 5.69 Å². The summed E-state index contributed by atoms with van der Waals surface area (Å²) in [7, 11) is 3.31. The Balaban J connectivity index is 1.76. The molecule has 0 bridgehead atoms. The van der Waals surface area contributed by atoms with Gasteiger partial charge in [-0.15, -0.1) is 0 Å². The van der Waals surface area contributed by atoms with Crippen molar-refractivity contribution in [2.75, 3.05) is 19.5 Å². The summed E-state index contributed by atoms with van der Waals surface area (Å²) in [6, 6.07) is 11.9. The monoisotopic (exact) mass is 323 g/mol. The zero-order valence-electron chi connectivity index (χ0n) is 13.8. The lowest BCUT2D eigenvalue weighted by molar-refractivity contribution is 0.352. The van der Waals surface area contributed by atoms with Crippen LogP contribution in [0.5, 0.6) is 17.2 Å². The van der Waals surface area contributed by atoms with Gasteiger partial charge in [0, 0.05) is 11.6 Å². The fraction of sp³-hybridized carbons (Fsp3) is 0.300. The number of phenols is 1. The van der Waals surface area contributed by atoms with Crippen LogP contribution in [-0.4, -0.2) is 19.3 Å². The molecule has 3 atom stereocenters. The lowest BCUT2D eigenvalue weighted by Gasteiger charge is -2.37. The van der Waals surface area contributed by atoms with Gasteiger partial charge in [-0.25, -0.2) is 0 Å². The van der Waals surface area contributed by atoms with E-state index in [1.54, 1.807) is 20.3 Å². The Bertz CT molecular complexity index is 799. The quantitative estimate of drug-likeness (QED) is 0.655. The molecule has 1 heterocycles. The van der Waals surface area contributed by atoms with Gasteiger partial charge in [0.25, 0.3) is 0 Å². The summed E-state index contributed by atoms with van der Waals surface area (Å²) < 4.78 is 10.8. The second-order valence-electron chi connectivity index (χ2n) is 6.36. The molecule has 2 aromatic carbocycles. The van der Waals surface area contributed by atoms with E-state index in [0.717, 1.165) is 23.6 Å². The molecule has 2 aliphatic rings. The number of phenolic OH excluding ortho intramolecular Hbond substituents is 1. The minimum absolute atomic E-state index is 0.196. The predicted octanol–water partition coefficient (Wildman–Crippen LogP) is 4.24. The summed E-state index contributed by atoms with van der Waals surface area (Å²) in [5.41, 5.74) is 3.44. The number of ether oxygens (including phenoxy) is 2. The maximum atomic E-state index is 9.83. The molecule has 0 saturated carbocycles. The fourth-order valence-electron chi connectivity index (χ4n) is 3.96. The molecule has 4 heteroatoms. The smallest absolute Gasteiger partial charge is 0.161 e. The molecule has 24 heavy (non-hydrogen) atoms. The van der Waals surface area contributed by atoms with E-state index in [1.807, 2.05) is 18.2 Å². The minimum Gasteiger partial charge on any atom is -0.508 e. The molecule has 0 aromatic heterocycles. The molecule has 0 radical (unpaired) electrons. The van der Waals surface area contributed by atoms with E-state index in [2.05, 4.69) is 29.6 Å². The topological polar surface area (TPSA) is 50.7 Å². The first-order valence-corrected chi connectivity index (χ1v) is 8.19. The molecule has 0 saturated heterocycles. The Morgan fingerprint density at radius 2 is 1.88 bits per heavy atom. The van der Waals surface area contributed by atoms with Crippen molar-refractivity contribution in [3.63, 3.8) is 0 Å². The molecule has 0 fully saturated rings. The number of rotatable bonds is 3. The van der Waals surface area contributed by atoms with Crippen molar-refractivity contribution in [2.24, 2.45) is 5.92 Å². The zero-order valence-corrected chi connectivity index (χ0v) is 13.8. The number of hydrogen-bond acceptors (Lipinski definition) is 4. The number of nitrogens with one attached hydrogen (secondary N) is 1. The highest BCUT2D eigenvalue weighted by molar-refractivity contribution is 5.62. The Kier molecular flexibility index (Phi) is 3.60. The molecular weight excluding hydrogens is 302 g/mol. The number of aromatic hydroxyl groups is 1. The van der Waals surface area contributed by atoms with Crippen LogP contribution in [0.25, 0.3) is 0 Å². The van der Waals surface area contributed by atoms with Gasteiger partial charge in [0.15, 0.2) is 11.5 Å². The van der Waals surface area contributed by atoms with Crippen LogP contribution >= 0.6 is 0 Å². The molecule has 0 spiro atoms. The molecule has 124 valence electrons. The van der Waals surface area contributed by atoms with Gasteiger partial charge >= 0.3 is 0 Å². The average molecular weight is 323 g/mol. The van der Waals surface area contributed by atoms with Crippen LogP contribution in [0, 0.1) is 5.92 Å². The van der Waals surface area contributed by atoms with Gasteiger partial charge in [0.05, 0.1) is 20.3 Å². The average Bonchev–Trinajstić information content (AvgIpc) is 3.10. The summed E-state index contributed by atoms with van der Waals surface area (Å²) in [5, 5.41) is 13.5. The van der Waals surface area contributed by atoms with Crippen molar-refractivity contribution < 1.29 is 14.6 Å². The number of methoxy groups -OCH3 is 2. The van der Waals surface area contributed by atoms with E-state index >= 15 is 0 Å². The van der Waals surface area contributed by atoms with E-state index in [4.69, 9.17) is 9.47 Å². The van der Waals surface area contributed by atoms with Crippen LogP contribution < -0.4 is 14.8 Å². The maximum Gasteiger partial charge on any atom is 0.161 e. The Hall–Kier alpha value is -2.62. The van der Waals surface area contributed by atoms with Crippen molar-refractivity contribution in [1.82, 2.24) is 0 Å². The molecule has 0 amide bonds. The SMILES string of the molecule is COc1ccc(C2Nc3ccc(O)cc3C3C=CCC32)cc1OC. The van der Waals surface area contributed by atoms with Gasteiger partial charge in [-0.2, -0.15) is 0 Å². The van der Waals surface area contributed by atoms with Gasteiger partial charge in [-0.1, -0.05) is 18.2 Å². The van der Waals surface area contributed by atoms with Gasteiger partial charge in [-0.05, 0) is 53.8 Å². The van der Waals surface area contributed by atoms with Gasteiger partial charge in [0.1, 0.15) is 5.75 Å². The summed E-state index contributed by atoms with van der Waals surface area (Å²) in [6.45, 7) is 0. The number of allylic oxidation sites excluding steroid dienone is 2. The van der Waals surface area contributed by atoms with Crippen LogP contribution in [0.3, 0.4) is 0 Å². The molecule has 1 aliphatic heterocycles. The predicted molar refractivity (Wildman–Crippen MR) is 94.0 cm³/mol. The minimum atomic E-state index is 0.196. The van der Waals surface area contributed by atoms with Gasteiger partial charge in [-0.3, -0.25) is 0 Å². The largest absolute Gasteiger partial charge is 0.508 e. The van der Waals surface area contributed by atoms with Crippen molar-refractivity contribution in [2.45, 2.75) is 18.4 Å². The van der Waals surface area contributed by atoms with Crippen molar-refractivity contribution in [3.05, 3.63) is 59.7 Å². The van der Waals surface area contributed by atoms with Crippen LogP contribution in [0.1, 0.15) is 29.5 Å². The Labute approximate surface area is 141 Å². The summed E-state index contributed by atoms with van der Waals surface area (Å²) in [4.78, 5) is 0. The maximum absolute atomic E-state index is 9.83. The summed E-state index contributed by atoms with van der Waals surface area (Å²) >= 11 is 0. The van der Waals surface area contributed by atoms with Gasteiger partial charge < -0.3 is 19.9 Å². The second kappa shape index (κ2) is 5.78. The third kappa shape index (κ3) is 2.30. The molecule has 2 aromatic rings. The number of hydrogen-bond donors (Lipinski definition) is 2. The molecular formula is C20H21NO3. The number of anilines is 1. The third-order valence-corrected chi connectivity index (χ3v) is 5.11. The van der Waals surface area contributed by atoms with E-state index < -0.39 is 0 Å². The van der Waals surface area contributed by atoms with E-state index in [-0.39, 0.29) is 6.04 Å². The van der Waals surface area contributed by atoms with Crippen LogP contribution in [0.4, 0.5) is 5.69 Å². The number of fused-ring (bicyclic) bond motifs is 3. The Morgan fingerprint density at radius 1 is 1.04 bits per heavy atom. The standard InChI is InChI=1S/C20H21NO3/c1-23-18-9-6-12(10-19(18)24-2)20-15-5-3-4-14(15)16-11-13(22)7-8-17(16)21-20/h3-4,6-11,14-15,20-22H,5H2,1-2H3. The van der Waals surface area contributed by atoms with Crippen LogP contribution in [0.2, 0.25) is 0 Å². The highest BCUT2D eigenvalue weighted by Gasteiger charge is 2.38. The summed E-state index contributed by atoms with van der Waals surface area (Å²) in [5.74, 6) is 2.56. The van der Waals surface area contributed by atoms with Gasteiger partial charge in [0.2, 0.25) is 0 Å². The normalized spacial score (nSPS) is 24.0.